The fourth-order valence-corrected chi connectivity index (χ4v) is 10.4. The van der Waals surface area contributed by atoms with Crippen LogP contribution in [0.1, 0.15) is 133 Å². The van der Waals surface area contributed by atoms with Crippen LogP contribution >= 0.6 is 0 Å². The Kier molecular flexibility index (Phi) is 13.8. The minimum Gasteiger partial charge on any atom is -0.509 e. The Labute approximate surface area is 442 Å². The number of pyridine rings is 1. The van der Waals surface area contributed by atoms with Crippen molar-refractivity contribution < 1.29 is 25.8 Å². The van der Waals surface area contributed by atoms with E-state index in [1.807, 2.05) is 12.3 Å². The smallest absolute Gasteiger partial charge is 0.135 e. The summed E-state index contributed by atoms with van der Waals surface area (Å²) in [5.41, 5.74) is 14.4. The van der Waals surface area contributed by atoms with E-state index >= 15 is 0 Å². The van der Waals surface area contributed by atoms with Gasteiger partial charge < -0.3 is 19.1 Å². The van der Waals surface area contributed by atoms with Gasteiger partial charge in [-0.3, -0.25) is 0 Å². The molecule has 0 radical (unpaired) electrons. The molecule has 10 rings (SSSR count). The first-order valence-corrected chi connectivity index (χ1v) is 25.2. The topological polar surface area (TPSA) is 33.5 Å². The van der Waals surface area contributed by atoms with Crippen molar-refractivity contribution in [3.63, 3.8) is 0 Å². The molecule has 1 aliphatic rings. The van der Waals surface area contributed by atoms with E-state index in [9.17, 15) is 0 Å². The average molecular weight is 1130 g/mol. The number of anilines is 2. The molecule has 0 atom stereocenters. The van der Waals surface area contributed by atoms with E-state index in [0.29, 0.717) is 23.3 Å². The number of rotatable bonds is 12. The summed E-state index contributed by atoms with van der Waals surface area (Å²) in [4.78, 5) is 9.63. The van der Waals surface area contributed by atoms with E-state index in [2.05, 4.69) is 273 Å². The van der Waals surface area contributed by atoms with Crippen LogP contribution < -0.4 is 14.5 Å². The Morgan fingerprint density at radius 3 is 1.85 bits per heavy atom. The van der Waals surface area contributed by atoms with E-state index in [0.717, 1.165) is 50.3 Å². The predicted molar refractivity (Wildman–Crippen MR) is 297 cm³/mol. The SMILES string of the molecule is CC(C)c1cccc(C(C)C)c1C1=CN(c2[c-]c(Oc3[c-]c4c(c(C(C)(C)c5ccccc5)c3)c3ccccc3n4-c3cc(C(C)(C)c4ccccc4)ccn3)ccc2)[CH-]N1c1cccc(C(C)(C)C)c1.[Pt]. The van der Waals surface area contributed by atoms with Crippen molar-refractivity contribution in [2.75, 3.05) is 9.80 Å². The van der Waals surface area contributed by atoms with Gasteiger partial charge in [-0.1, -0.05) is 196 Å². The van der Waals surface area contributed by atoms with Crippen LogP contribution in [-0.4, -0.2) is 9.55 Å². The fourth-order valence-electron chi connectivity index (χ4n) is 10.4. The zero-order valence-corrected chi connectivity index (χ0v) is 45.8. The molecule has 0 unspecified atom stereocenters. The second kappa shape index (κ2) is 19.7. The third-order valence-corrected chi connectivity index (χ3v) is 14.7. The largest absolute Gasteiger partial charge is 0.509 e. The first kappa shape index (κ1) is 50.3. The number of nitrogens with zero attached hydrogens (tertiary/aromatic N) is 4. The van der Waals surface area contributed by atoms with E-state index in [1.54, 1.807) is 0 Å². The first-order chi connectivity index (χ1) is 34.0. The van der Waals surface area contributed by atoms with Gasteiger partial charge in [0.1, 0.15) is 5.82 Å². The second-order valence-corrected chi connectivity index (χ2v) is 21.8. The standard InChI is InChI=1S/C66H65N4O.Pt/c1-44(2)54-32-22-33-55(45(3)4)62(54)60-42-68(43-69(60)51-29-20-27-48(37-51)64(5,6)7)50-28-21-30-52(39-50)71-53-40-57(66(10,11)47-25-16-13-17-26-47)63-56-31-18-19-34-58(56)70(59(63)41-53)61-38-49(35-36-67-61)65(8,9)46-23-14-12-15-24-46;/h12-38,40,42-45H,1-11H3;/q-3;. The number of benzene rings is 7. The van der Waals surface area contributed by atoms with Gasteiger partial charge in [-0.25, -0.2) is 4.98 Å². The number of ether oxygens (including phenoxy) is 1. The van der Waals surface area contributed by atoms with Crippen LogP contribution in [0.15, 0.2) is 176 Å². The van der Waals surface area contributed by atoms with Crippen molar-refractivity contribution in [3.8, 4) is 17.3 Å². The predicted octanol–water partition coefficient (Wildman–Crippen LogP) is 17.2. The van der Waals surface area contributed by atoms with Crippen molar-refractivity contribution >= 4 is 38.9 Å². The molecule has 0 saturated carbocycles. The maximum Gasteiger partial charge on any atom is 0.135 e. The summed E-state index contributed by atoms with van der Waals surface area (Å²) < 4.78 is 9.30. The fraction of sp³-hybridized carbons (Fsp3) is 0.242. The van der Waals surface area contributed by atoms with Gasteiger partial charge in [0.2, 0.25) is 0 Å². The van der Waals surface area contributed by atoms with E-state index in [4.69, 9.17) is 9.72 Å². The maximum atomic E-state index is 7.04. The van der Waals surface area contributed by atoms with Gasteiger partial charge in [0, 0.05) is 66.6 Å². The number of fused-ring (bicyclic) bond motifs is 3. The van der Waals surface area contributed by atoms with Gasteiger partial charge in [-0.15, -0.1) is 48.3 Å². The van der Waals surface area contributed by atoms with Gasteiger partial charge in [0.05, 0.1) is 0 Å². The van der Waals surface area contributed by atoms with Gasteiger partial charge in [0.25, 0.3) is 0 Å². The quantitative estimate of drug-likeness (QED) is 0.114. The van der Waals surface area contributed by atoms with Crippen LogP contribution in [0.25, 0.3) is 33.3 Å². The Morgan fingerprint density at radius 2 is 1.18 bits per heavy atom. The zero-order chi connectivity index (χ0) is 49.8. The normalized spacial score (nSPS) is 13.3. The number of aromatic nitrogens is 2. The minimum absolute atomic E-state index is 0. The molecule has 2 aromatic heterocycles. The van der Waals surface area contributed by atoms with Gasteiger partial charge >= 0.3 is 0 Å². The molecule has 0 fully saturated rings. The molecule has 5 nitrogen and oxygen atoms in total. The van der Waals surface area contributed by atoms with Crippen molar-refractivity contribution in [1.29, 1.82) is 0 Å². The summed E-state index contributed by atoms with van der Waals surface area (Å²) in [6, 6.07) is 66.1. The number of hydrogen-bond acceptors (Lipinski definition) is 4. The first-order valence-electron chi connectivity index (χ1n) is 25.2. The van der Waals surface area contributed by atoms with E-state index in [1.165, 1.54) is 38.9 Å². The van der Waals surface area contributed by atoms with Crippen molar-refractivity contribution in [2.24, 2.45) is 0 Å². The molecular formula is C66H65N4OPt-3. The summed E-state index contributed by atoms with van der Waals surface area (Å²) in [5.74, 6) is 2.68. The molecule has 0 saturated heterocycles. The van der Waals surface area contributed by atoms with Crippen molar-refractivity contribution in [1.82, 2.24) is 9.55 Å². The minimum atomic E-state index is -0.418. The summed E-state index contributed by atoms with van der Waals surface area (Å²) in [6.45, 7) is 27.4. The third kappa shape index (κ3) is 9.33. The van der Waals surface area contributed by atoms with Crippen LogP contribution in [0.3, 0.4) is 0 Å². The van der Waals surface area contributed by atoms with Crippen LogP contribution in [0.5, 0.6) is 11.5 Å². The molecule has 0 amide bonds. The van der Waals surface area contributed by atoms with Gasteiger partial charge in [-0.05, 0) is 98.0 Å². The molecule has 72 heavy (non-hydrogen) atoms. The second-order valence-electron chi connectivity index (χ2n) is 21.8. The summed E-state index contributed by atoms with van der Waals surface area (Å²) >= 11 is 0. The molecule has 368 valence electrons. The molecule has 6 heteroatoms. The Morgan fingerprint density at radius 1 is 0.569 bits per heavy atom. The monoisotopic (exact) mass is 1120 g/mol. The third-order valence-electron chi connectivity index (χ3n) is 14.7. The van der Waals surface area contributed by atoms with Crippen LogP contribution in [-0.2, 0) is 37.3 Å². The van der Waals surface area contributed by atoms with Crippen LogP contribution in [0.2, 0.25) is 0 Å². The Balaban J connectivity index is 0.00000640. The Bertz CT molecular complexity index is 3400. The van der Waals surface area contributed by atoms with Crippen LogP contribution in [0.4, 0.5) is 11.4 Å². The van der Waals surface area contributed by atoms with Gasteiger partial charge in [0.15, 0.2) is 0 Å². The molecule has 7 aromatic carbocycles. The molecule has 0 aliphatic carbocycles. The Hall–Kier alpha value is -6.68. The van der Waals surface area contributed by atoms with E-state index < -0.39 is 5.41 Å². The molecule has 0 bridgehead atoms. The average Bonchev–Trinajstić information content (AvgIpc) is 3.96. The van der Waals surface area contributed by atoms with E-state index in [-0.39, 0.29) is 31.9 Å². The molecule has 0 N–H and O–H groups in total. The molecule has 0 spiro atoms. The number of para-hydroxylation sites is 1. The molecule has 9 aromatic rings. The van der Waals surface area contributed by atoms with Crippen molar-refractivity contribution in [3.05, 3.63) is 239 Å². The maximum absolute atomic E-state index is 7.04. The zero-order valence-electron chi connectivity index (χ0n) is 43.5. The summed E-state index contributed by atoms with van der Waals surface area (Å²) in [5, 5.41) is 2.26. The van der Waals surface area contributed by atoms with Crippen LogP contribution in [0, 0.1) is 18.8 Å². The van der Waals surface area contributed by atoms with Crippen molar-refractivity contribution in [2.45, 2.75) is 104 Å². The molecular weight excluding hydrogens is 1060 g/mol. The summed E-state index contributed by atoms with van der Waals surface area (Å²) in [6.07, 6.45) is 4.21. The molecule has 1 aliphatic heterocycles. The summed E-state index contributed by atoms with van der Waals surface area (Å²) in [7, 11) is 0. The van der Waals surface area contributed by atoms with Gasteiger partial charge in [-0.2, -0.15) is 6.07 Å². The number of hydrogen-bond donors (Lipinski definition) is 0. The molecule has 3 heterocycles.